The van der Waals surface area contributed by atoms with Gasteiger partial charge in [0.15, 0.2) is 0 Å². The molecular weight excluding hydrogens is 276 g/mol. The molecule has 2 aromatic rings. The molecule has 0 bridgehead atoms. The van der Waals surface area contributed by atoms with Crippen molar-refractivity contribution in [1.82, 2.24) is 10.0 Å². The van der Waals surface area contributed by atoms with E-state index >= 15 is 0 Å². The van der Waals surface area contributed by atoms with E-state index in [-0.39, 0.29) is 11.8 Å². The molecule has 5 nitrogen and oxygen atoms in total. The fraction of sp³-hybridized carbons (Fsp3) is 0.286. The Morgan fingerprint density at radius 2 is 1.90 bits per heavy atom. The maximum atomic E-state index is 11.4. The third kappa shape index (κ3) is 3.93. The first-order chi connectivity index (χ1) is 9.62. The van der Waals surface area contributed by atoms with Crippen LogP contribution in [0.3, 0.4) is 0 Å². The van der Waals surface area contributed by atoms with Crippen molar-refractivity contribution in [2.45, 2.75) is 6.04 Å². The SMILES string of the molecule is CNS(=O)(=O)CCNC(c1ccccc1)c1ccco1. The zero-order valence-electron chi connectivity index (χ0n) is 11.2. The lowest BCUT2D eigenvalue weighted by Crippen LogP contribution is -2.32. The normalized spacial score (nSPS) is 13.2. The van der Waals surface area contributed by atoms with Crippen LogP contribution in [0.5, 0.6) is 0 Å². The van der Waals surface area contributed by atoms with E-state index in [1.807, 2.05) is 42.5 Å². The third-order valence-corrected chi connectivity index (χ3v) is 4.35. The Kier molecular flexibility index (Phi) is 4.94. The van der Waals surface area contributed by atoms with Gasteiger partial charge in [-0.3, -0.25) is 0 Å². The number of hydrogen-bond donors (Lipinski definition) is 2. The molecule has 0 aliphatic heterocycles. The Labute approximate surface area is 119 Å². The molecule has 6 heteroatoms. The van der Waals surface area contributed by atoms with Crippen molar-refractivity contribution in [1.29, 1.82) is 0 Å². The minimum atomic E-state index is -3.21. The summed E-state index contributed by atoms with van der Waals surface area (Å²) >= 11 is 0. The van der Waals surface area contributed by atoms with E-state index in [2.05, 4.69) is 10.0 Å². The highest BCUT2D eigenvalue weighted by Gasteiger charge is 2.17. The van der Waals surface area contributed by atoms with E-state index in [0.29, 0.717) is 6.54 Å². The number of rotatable bonds is 7. The minimum Gasteiger partial charge on any atom is -0.467 e. The lowest BCUT2D eigenvalue weighted by molar-refractivity contribution is 0.451. The second-order valence-corrected chi connectivity index (χ2v) is 6.38. The fourth-order valence-electron chi connectivity index (χ4n) is 1.92. The maximum Gasteiger partial charge on any atom is 0.212 e. The van der Waals surface area contributed by atoms with Gasteiger partial charge in [0.1, 0.15) is 5.76 Å². The highest BCUT2D eigenvalue weighted by atomic mass is 32.2. The standard InChI is InChI=1S/C14H18N2O3S/c1-15-20(17,18)11-9-16-14(13-8-5-10-19-13)12-6-3-2-4-7-12/h2-8,10,14-16H,9,11H2,1H3. The van der Waals surface area contributed by atoms with Gasteiger partial charge in [-0.15, -0.1) is 0 Å². The molecule has 1 atom stereocenters. The lowest BCUT2D eigenvalue weighted by Gasteiger charge is -2.17. The second kappa shape index (κ2) is 6.69. The molecule has 0 saturated carbocycles. The Bertz CT molecular complexity index is 609. The predicted molar refractivity (Wildman–Crippen MR) is 77.8 cm³/mol. The molecule has 1 aromatic carbocycles. The predicted octanol–water partition coefficient (Wildman–Crippen LogP) is 1.51. The number of sulfonamides is 1. The van der Waals surface area contributed by atoms with E-state index in [9.17, 15) is 8.42 Å². The van der Waals surface area contributed by atoms with Gasteiger partial charge in [0.25, 0.3) is 0 Å². The zero-order valence-corrected chi connectivity index (χ0v) is 12.1. The van der Waals surface area contributed by atoms with Gasteiger partial charge in [-0.05, 0) is 24.7 Å². The van der Waals surface area contributed by atoms with Crippen molar-refractivity contribution >= 4 is 10.0 Å². The first-order valence-electron chi connectivity index (χ1n) is 6.35. The van der Waals surface area contributed by atoms with Crippen LogP contribution in [0, 0.1) is 0 Å². The fourth-order valence-corrected chi connectivity index (χ4v) is 2.51. The first kappa shape index (κ1) is 14.8. The molecule has 0 saturated heterocycles. The average molecular weight is 294 g/mol. The van der Waals surface area contributed by atoms with Gasteiger partial charge in [0.05, 0.1) is 18.1 Å². The summed E-state index contributed by atoms with van der Waals surface area (Å²) < 4.78 is 30.6. The largest absolute Gasteiger partial charge is 0.467 e. The van der Waals surface area contributed by atoms with E-state index in [0.717, 1.165) is 11.3 Å². The molecule has 1 unspecified atom stereocenters. The first-order valence-corrected chi connectivity index (χ1v) is 8.00. The summed E-state index contributed by atoms with van der Waals surface area (Å²) in [6.07, 6.45) is 1.61. The topological polar surface area (TPSA) is 71.3 Å². The molecule has 20 heavy (non-hydrogen) atoms. The highest BCUT2D eigenvalue weighted by Crippen LogP contribution is 2.21. The smallest absolute Gasteiger partial charge is 0.212 e. The van der Waals surface area contributed by atoms with Gasteiger partial charge in [-0.25, -0.2) is 13.1 Å². The van der Waals surface area contributed by atoms with Crippen molar-refractivity contribution in [3.8, 4) is 0 Å². The average Bonchev–Trinajstić information content (AvgIpc) is 2.98. The van der Waals surface area contributed by atoms with Crippen molar-refractivity contribution in [3.05, 3.63) is 60.1 Å². The van der Waals surface area contributed by atoms with E-state index in [4.69, 9.17) is 4.42 Å². The van der Waals surface area contributed by atoms with Crippen LogP contribution in [-0.2, 0) is 10.0 Å². The maximum absolute atomic E-state index is 11.4. The monoisotopic (exact) mass is 294 g/mol. The number of nitrogens with one attached hydrogen (secondary N) is 2. The third-order valence-electron chi connectivity index (χ3n) is 2.99. The van der Waals surface area contributed by atoms with E-state index < -0.39 is 10.0 Å². The number of benzene rings is 1. The molecule has 0 amide bonds. The van der Waals surface area contributed by atoms with Crippen LogP contribution in [0.15, 0.2) is 53.1 Å². The Balaban J connectivity index is 2.09. The van der Waals surface area contributed by atoms with Crippen LogP contribution >= 0.6 is 0 Å². The van der Waals surface area contributed by atoms with Gasteiger partial charge >= 0.3 is 0 Å². The van der Waals surface area contributed by atoms with Gasteiger partial charge in [0.2, 0.25) is 10.0 Å². The lowest BCUT2D eigenvalue weighted by atomic mass is 10.0. The molecule has 0 aliphatic rings. The van der Waals surface area contributed by atoms with Crippen molar-refractivity contribution in [3.63, 3.8) is 0 Å². The van der Waals surface area contributed by atoms with E-state index in [1.165, 1.54) is 7.05 Å². The van der Waals surface area contributed by atoms with Crippen LogP contribution in [0.1, 0.15) is 17.4 Å². The van der Waals surface area contributed by atoms with Gasteiger partial charge in [-0.2, -0.15) is 0 Å². The molecule has 0 aliphatic carbocycles. The summed E-state index contributed by atoms with van der Waals surface area (Å²) in [4.78, 5) is 0. The molecule has 0 radical (unpaired) electrons. The number of hydrogen-bond acceptors (Lipinski definition) is 4. The second-order valence-electron chi connectivity index (χ2n) is 4.34. The van der Waals surface area contributed by atoms with Gasteiger partial charge < -0.3 is 9.73 Å². The van der Waals surface area contributed by atoms with Crippen molar-refractivity contribution < 1.29 is 12.8 Å². The number of furan rings is 1. The molecule has 0 fully saturated rings. The van der Waals surface area contributed by atoms with Crippen molar-refractivity contribution in [2.24, 2.45) is 0 Å². The zero-order chi connectivity index (χ0) is 14.4. The molecule has 108 valence electrons. The van der Waals surface area contributed by atoms with Crippen LogP contribution in [0.4, 0.5) is 0 Å². The summed E-state index contributed by atoms with van der Waals surface area (Å²) in [5.41, 5.74) is 1.03. The van der Waals surface area contributed by atoms with E-state index in [1.54, 1.807) is 6.26 Å². The van der Waals surface area contributed by atoms with Gasteiger partial charge in [-0.1, -0.05) is 30.3 Å². The van der Waals surface area contributed by atoms with Crippen LogP contribution in [0.25, 0.3) is 0 Å². The summed E-state index contributed by atoms with van der Waals surface area (Å²) in [6.45, 7) is 0.337. The molecule has 1 heterocycles. The summed E-state index contributed by atoms with van der Waals surface area (Å²) in [5, 5.41) is 3.22. The summed E-state index contributed by atoms with van der Waals surface area (Å²) in [7, 11) is -1.80. The minimum absolute atomic E-state index is 0.0214. The van der Waals surface area contributed by atoms with Crippen LogP contribution < -0.4 is 10.0 Å². The molecule has 0 spiro atoms. The summed E-state index contributed by atoms with van der Waals surface area (Å²) in [6, 6.07) is 13.3. The summed E-state index contributed by atoms with van der Waals surface area (Å²) in [5.74, 6) is 0.783. The molecule has 2 rings (SSSR count). The van der Waals surface area contributed by atoms with Gasteiger partial charge in [0, 0.05) is 6.54 Å². The Morgan fingerprint density at radius 3 is 2.50 bits per heavy atom. The van der Waals surface area contributed by atoms with Crippen molar-refractivity contribution in [2.75, 3.05) is 19.3 Å². The molecule has 1 aromatic heterocycles. The van der Waals surface area contributed by atoms with Crippen LogP contribution in [-0.4, -0.2) is 27.8 Å². The quantitative estimate of drug-likeness (QED) is 0.812. The Hall–Kier alpha value is -1.63. The molecule has 2 N–H and O–H groups in total. The molecular formula is C14H18N2O3S. The van der Waals surface area contributed by atoms with Crippen LogP contribution in [0.2, 0.25) is 0 Å². The highest BCUT2D eigenvalue weighted by molar-refractivity contribution is 7.89. The Morgan fingerprint density at radius 1 is 1.15 bits per heavy atom.